The fourth-order valence-electron chi connectivity index (χ4n) is 3.14. The van der Waals surface area contributed by atoms with Gasteiger partial charge >= 0.3 is 0 Å². The summed E-state index contributed by atoms with van der Waals surface area (Å²) in [5, 5.41) is 3.56. The first-order chi connectivity index (χ1) is 9.11. The van der Waals surface area contributed by atoms with Crippen LogP contribution in [0.4, 0.5) is 4.39 Å². The zero-order valence-electron chi connectivity index (χ0n) is 11.8. The fraction of sp³-hybridized carbons (Fsp3) is 0.625. The highest BCUT2D eigenvalue weighted by Crippen LogP contribution is 2.40. The first kappa shape index (κ1) is 15.0. The zero-order chi connectivity index (χ0) is 13.8. The lowest BCUT2D eigenvalue weighted by atomic mass is 9.90. The Kier molecular flexibility index (Phi) is 5.40. The van der Waals surface area contributed by atoms with Crippen LogP contribution in [0, 0.1) is 17.7 Å². The molecule has 1 fully saturated rings. The maximum absolute atomic E-state index is 14.1. The maximum Gasteiger partial charge on any atom is 0.128 e. The molecule has 0 aromatic heterocycles. The summed E-state index contributed by atoms with van der Waals surface area (Å²) in [6, 6.07) is 5.43. The van der Waals surface area contributed by atoms with E-state index in [0.717, 1.165) is 28.9 Å². The maximum atomic E-state index is 14.1. The summed E-state index contributed by atoms with van der Waals surface area (Å²) >= 11 is 3.46. The summed E-state index contributed by atoms with van der Waals surface area (Å²) in [7, 11) is 0. The predicted octanol–water partition coefficient (Wildman–Crippen LogP) is 5.07. The van der Waals surface area contributed by atoms with Gasteiger partial charge in [0.2, 0.25) is 0 Å². The summed E-state index contributed by atoms with van der Waals surface area (Å²) in [5.74, 6) is 1.24. The van der Waals surface area contributed by atoms with E-state index >= 15 is 0 Å². The van der Waals surface area contributed by atoms with E-state index in [1.54, 1.807) is 12.1 Å². The molecule has 1 aliphatic rings. The first-order valence-electron chi connectivity index (χ1n) is 7.30. The summed E-state index contributed by atoms with van der Waals surface area (Å²) in [4.78, 5) is 0. The van der Waals surface area contributed by atoms with Crippen LogP contribution in [-0.2, 0) is 0 Å². The molecule has 0 saturated heterocycles. The van der Waals surface area contributed by atoms with Gasteiger partial charge in [-0.2, -0.15) is 0 Å². The Balaban J connectivity index is 2.23. The summed E-state index contributed by atoms with van der Waals surface area (Å²) < 4.78 is 15.1. The second-order valence-corrected chi connectivity index (χ2v) is 6.69. The van der Waals surface area contributed by atoms with Gasteiger partial charge in [-0.15, -0.1) is 0 Å². The molecular formula is C16H23BrFN. The van der Waals surface area contributed by atoms with Crippen LogP contribution in [0.5, 0.6) is 0 Å². The first-order valence-corrected chi connectivity index (χ1v) is 8.09. The molecule has 19 heavy (non-hydrogen) atoms. The third kappa shape index (κ3) is 3.79. The van der Waals surface area contributed by atoms with Crippen LogP contribution < -0.4 is 5.32 Å². The molecule has 3 unspecified atom stereocenters. The van der Waals surface area contributed by atoms with Gasteiger partial charge in [-0.25, -0.2) is 4.39 Å². The second kappa shape index (κ2) is 6.85. The Morgan fingerprint density at radius 2 is 2.21 bits per heavy atom. The average molecular weight is 328 g/mol. The fourth-order valence-corrected chi connectivity index (χ4v) is 3.52. The van der Waals surface area contributed by atoms with E-state index in [1.165, 1.54) is 19.3 Å². The smallest absolute Gasteiger partial charge is 0.128 e. The van der Waals surface area contributed by atoms with Gasteiger partial charge in [0.05, 0.1) is 0 Å². The van der Waals surface area contributed by atoms with Crippen molar-refractivity contribution in [3.8, 4) is 0 Å². The third-order valence-electron chi connectivity index (χ3n) is 4.11. The summed E-state index contributed by atoms with van der Waals surface area (Å²) in [6.45, 7) is 5.40. The Morgan fingerprint density at radius 1 is 1.42 bits per heavy atom. The van der Waals surface area contributed by atoms with Crippen LogP contribution in [0.3, 0.4) is 0 Å². The van der Waals surface area contributed by atoms with Crippen LogP contribution >= 0.6 is 15.9 Å². The van der Waals surface area contributed by atoms with Gasteiger partial charge in [-0.3, -0.25) is 0 Å². The Hall–Kier alpha value is -0.410. The van der Waals surface area contributed by atoms with Gasteiger partial charge in [0.15, 0.2) is 0 Å². The van der Waals surface area contributed by atoms with E-state index in [4.69, 9.17) is 0 Å². The van der Waals surface area contributed by atoms with Crippen molar-refractivity contribution >= 4 is 15.9 Å². The SMILES string of the molecule is CCCNC(c1cc(Br)ccc1F)C1CCC(C)C1. The quantitative estimate of drug-likeness (QED) is 0.796. The molecule has 0 aliphatic heterocycles. The van der Waals surface area contributed by atoms with Gasteiger partial charge in [0, 0.05) is 16.1 Å². The highest BCUT2D eigenvalue weighted by atomic mass is 79.9. The number of halogens is 2. The van der Waals surface area contributed by atoms with E-state index in [9.17, 15) is 4.39 Å². The van der Waals surface area contributed by atoms with Crippen molar-refractivity contribution in [3.63, 3.8) is 0 Å². The van der Waals surface area contributed by atoms with Crippen LogP contribution in [0.2, 0.25) is 0 Å². The van der Waals surface area contributed by atoms with Gasteiger partial charge in [0.25, 0.3) is 0 Å². The van der Waals surface area contributed by atoms with Crippen LogP contribution in [-0.4, -0.2) is 6.54 Å². The van der Waals surface area contributed by atoms with Crippen molar-refractivity contribution in [2.45, 2.75) is 45.6 Å². The second-order valence-electron chi connectivity index (χ2n) is 5.78. The van der Waals surface area contributed by atoms with E-state index in [-0.39, 0.29) is 11.9 Å². The Morgan fingerprint density at radius 3 is 2.84 bits per heavy atom. The zero-order valence-corrected chi connectivity index (χ0v) is 13.3. The Labute approximate surface area is 124 Å². The largest absolute Gasteiger partial charge is 0.310 e. The van der Waals surface area contributed by atoms with Crippen molar-refractivity contribution in [1.29, 1.82) is 0 Å². The summed E-state index contributed by atoms with van der Waals surface area (Å²) in [6.07, 6.45) is 4.75. The van der Waals surface area contributed by atoms with Gasteiger partial charge in [-0.1, -0.05) is 36.2 Å². The monoisotopic (exact) mass is 327 g/mol. The standard InChI is InChI=1S/C16H23BrFN/c1-3-8-19-16(12-5-4-11(2)9-12)14-10-13(17)6-7-15(14)18/h6-7,10-12,16,19H,3-5,8-9H2,1-2H3. The number of hydrogen-bond donors (Lipinski definition) is 1. The van der Waals surface area contributed by atoms with E-state index < -0.39 is 0 Å². The van der Waals surface area contributed by atoms with Crippen LogP contribution in [0.15, 0.2) is 22.7 Å². The lowest BCUT2D eigenvalue weighted by molar-refractivity contribution is 0.349. The molecule has 1 aromatic rings. The predicted molar refractivity (Wildman–Crippen MR) is 81.6 cm³/mol. The molecule has 0 heterocycles. The minimum atomic E-state index is -0.0867. The van der Waals surface area contributed by atoms with Gasteiger partial charge in [-0.05, 0) is 55.8 Å². The van der Waals surface area contributed by atoms with Crippen LogP contribution in [0.25, 0.3) is 0 Å². The molecule has 0 bridgehead atoms. The molecule has 106 valence electrons. The minimum Gasteiger partial charge on any atom is -0.310 e. The van der Waals surface area contributed by atoms with Crippen molar-refractivity contribution < 1.29 is 4.39 Å². The average Bonchev–Trinajstić information content (AvgIpc) is 2.80. The number of rotatable bonds is 5. The van der Waals surface area contributed by atoms with E-state index in [2.05, 4.69) is 35.1 Å². The highest BCUT2D eigenvalue weighted by Gasteiger charge is 2.30. The van der Waals surface area contributed by atoms with Crippen molar-refractivity contribution in [2.24, 2.45) is 11.8 Å². The van der Waals surface area contributed by atoms with Gasteiger partial charge in [0.1, 0.15) is 5.82 Å². The Bertz CT molecular complexity index is 421. The summed E-state index contributed by atoms with van der Waals surface area (Å²) in [5.41, 5.74) is 0.821. The third-order valence-corrected chi connectivity index (χ3v) is 4.61. The molecule has 0 amide bonds. The van der Waals surface area contributed by atoms with Crippen molar-refractivity contribution in [3.05, 3.63) is 34.1 Å². The van der Waals surface area contributed by atoms with Gasteiger partial charge < -0.3 is 5.32 Å². The molecule has 1 aliphatic carbocycles. The minimum absolute atomic E-state index is 0.0867. The van der Waals surface area contributed by atoms with E-state index in [1.807, 2.05) is 6.07 Å². The molecule has 3 atom stereocenters. The number of benzene rings is 1. The highest BCUT2D eigenvalue weighted by molar-refractivity contribution is 9.10. The van der Waals surface area contributed by atoms with Crippen molar-refractivity contribution in [1.82, 2.24) is 5.32 Å². The lowest BCUT2D eigenvalue weighted by Crippen LogP contribution is -2.28. The topological polar surface area (TPSA) is 12.0 Å². The molecular weight excluding hydrogens is 305 g/mol. The molecule has 1 N–H and O–H groups in total. The lowest BCUT2D eigenvalue weighted by Gasteiger charge is -2.26. The molecule has 0 spiro atoms. The van der Waals surface area contributed by atoms with Crippen molar-refractivity contribution in [2.75, 3.05) is 6.54 Å². The molecule has 2 rings (SSSR count). The number of nitrogens with one attached hydrogen (secondary N) is 1. The normalized spacial score (nSPS) is 24.6. The van der Waals surface area contributed by atoms with E-state index in [0.29, 0.717) is 5.92 Å². The molecule has 1 saturated carbocycles. The van der Waals surface area contributed by atoms with Crippen LogP contribution in [0.1, 0.15) is 51.1 Å². The molecule has 3 heteroatoms. The molecule has 1 aromatic carbocycles. The molecule has 0 radical (unpaired) electrons. The number of hydrogen-bond acceptors (Lipinski definition) is 1. The molecule has 1 nitrogen and oxygen atoms in total.